The molecule has 2 aromatic rings. The highest BCUT2D eigenvalue weighted by Gasteiger charge is 2.27. The van der Waals surface area contributed by atoms with Crippen LogP contribution in [0.4, 0.5) is 17.1 Å². The fraction of sp³-hybridized carbons (Fsp3) is 0.158. The Morgan fingerprint density at radius 3 is 2.19 bits per heavy atom. The predicted molar refractivity (Wildman–Crippen MR) is 105 cm³/mol. The van der Waals surface area contributed by atoms with Crippen molar-refractivity contribution >= 4 is 44.5 Å². The third kappa shape index (κ3) is 3.85. The van der Waals surface area contributed by atoms with Crippen LogP contribution in [0, 0.1) is 0 Å². The number of hydrogen-bond donors (Lipinski definition) is 3. The van der Waals surface area contributed by atoms with Gasteiger partial charge >= 0.3 is 0 Å². The van der Waals surface area contributed by atoms with Gasteiger partial charge in [-0.3, -0.25) is 14.3 Å². The Balaban J connectivity index is 1.89. The molecule has 3 rings (SSSR count). The second-order valence-corrected chi connectivity index (χ2v) is 8.08. The Kier molecular flexibility index (Phi) is 4.75. The first-order valence-electron chi connectivity index (χ1n) is 8.21. The number of carbonyl (C=O) groups is 2. The largest absolute Gasteiger partial charge is 0.326 e. The van der Waals surface area contributed by atoms with Gasteiger partial charge in [0, 0.05) is 35.1 Å². The molecule has 0 atom stereocenters. The van der Waals surface area contributed by atoms with Crippen molar-refractivity contribution in [1.29, 1.82) is 0 Å². The lowest BCUT2D eigenvalue weighted by atomic mass is 10.0. The van der Waals surface area contributed by atoms with Crippen LogP contribution in [0.15, 0.2) is 52.9 Å². The minimum absolute atomic E-state index is 0.0578. The molecule has 0 saturated heterocycles. The third-order valence-corrected chi connectivity index (χ3v) is 5.38. The average Bonchev–Trinajstić information content (AvgIpc) is 2.91. The quantitative estimate of drug-likeness (QED) is 0.703. The van der Waals surface area contributed by atoms with Crippen LogP contribution >= 0.6 is 0 Å². The molecular weight excluding hydrogens is 366 g/mol. The van der Waals surface area contributed by atoms with Crippen LogP contribution in [0.2, 0.25) is 0 Å². The molecular formula is C19H19N3O4S. The van der Waals surface area contributed by atoms with E-state index in [1.165, 1.54) is 19.1 Å². The summed E-state index contributed by atoms with van der Waals surface area (Å²) in [6.45, 7) is 5.00. The van der Waals surface area contributed by atoms with E-state index in [0.29, 0.717) is 28.2 Å². The summed E-state index contributed by atoms with van der Waals surface area (Å²) in [5, 5.41) is 5.35. The topological polar surface area (TPSA) is 104 Å². The van der Waals surface area contributed by atoms with Crippen LogP contribution in [0.5, 0.6) is 0 Å². The molecule has 2 amide bonds. The zero-order chi connectivity index (χ0) is 19.8. The van der Waals surface area contributed by atoms with Crippen LogP contribution in [0.3, 0.4) is 0 Å². The van der Waals surface area contributed by atoms with Gasteiger partial charge in [-0.05, 0) is 56.3 Å². The van der Waals surface area contributed by atoms with Gasteiger partial charge in [0.25, 0.3) is 15.9 Å². The maximum atomic E-state index is 12.7. The Labute approximate surface area is 157 Å². The molecule has 7 nitrogen and oxygen atoms in total. The molecule has 0 saturated carbocycles. The van der Waals surface area contributed by atoms with E-state index in [1.54, 1.807) is 44.2 Å². The molecule has 3 N–H and O–H groups in total. The van der Waals surface area contributed by atoms with Crippen LogP contribution in [0.1, 0.15) is 26.3 Å². The Bertz CT molecular complexity index is 1070. The highest BCUT2D eigenvalue weighted by molar-refractivity contribution is 7.92. The van der Waals surface area contributed by atoms with Crippen LogP contribution in [0.25, 0.3) is 5.57 Å². The molecule has 0 radical (unpaired) electrons. The standard InChI is InChI=1S/C19H19N3O4S/c1-11(2)18-16-10-15(8-9-17(16)21-19(18)24)27(25,26)22-14-6-4-13(5-7-14)20-12(3)23/h4-10,22H,1-3H3,(H,20,23)(H,21,24). The van der Waals surface area contributed by atoms with Crippen LogP contribution in [-0.4, -0.2) is 20.2 Å². The number of amides is 2. The van der Waals surface area contributed by atoms with Gasteiger partial charge < -0.3 is 10.6 Å². The number of carbonyl (C=O) groups excluding carboxylic acids is 2. The van der Waals surface area contributed by atoms with Crippen molar-refractivity contribution in [3.63, 3.8) is 0 Å². The summed E-state index contributed by atoms with van der Waals surface area (Å²) in [6.07, 6.45) is 0. The molecule has 1 aliphatic heterocycles. The monoisotopic (exact) mass is 385 g/mol. The highest BCUT2D eigenvalue weighted by Crippen LogP contribution is 2.35. The molecule has 140 valence electrons. The summed E-state index contributed by atoms with van der Waals surface area (Å²) in [4.78, 5) is 23.2. The van der Waals surface area contributed by atoms with Crippen molar-refractivity contribution < 1.29 is 18.0 Å². The SMILES string of the molecule is CC(=O)Nc1ccc(NS(=O)(=O)c2ccc3c(c2)C(=C(C)C)C(=O)N3)cc1. The molecule has 0 aromatic heterocycles. The molecule has 0 aliphatic carbocycles. The Hall–Kier alpha value is -3.13. The number of benzene rings is 2. The number of fused-ring (bicyclic) bond motifs is 1. The zero-order valence-corrected chi connectivity index (χ0v) is 15.9. The predicted octanol–water partition coefficient (Wildman–Crippen LogP) is 3.19. The summed E-state index contributed by atoms with van der Waals surface area (Å²) in [5.74, 6) is -0.444. The maximum Gasteiger partial charge on any atom is 0.261 e. The number of nitrogens with one attached hydrogen (secondary N) is 3. The maximum absolute atomic E-state index is 12.7. The lowest BCUT2D eigenvalue weighted by Crippen LogP contribution is -2.13. The first-order chi connectivity index (χ1) is 12.7. The van der Waals surface area contributed by atoms with Gasteiger partial charge in [0.05, 0.1) is 4.90 Å². The van der Waals surface area contributed by atoms with Crippen molar-refractivity contribution in [1.82, 2.24) is 0 Å². The van der Waals surface area contributed by atoms with E-state index >= 15 is 0 Å². The van der Waals surface area contributed by atoms with E-state index in [9.17, 15) is 18.0 Å². The van der Waals surface area contributed by atoms with Gasteiger partial charge in [-0.2, -0.15) is 0 Å². The van der Waals surface area contributed by atoms with E-state index in [0.717, 1.165) is 5.57 Å². The van der Waals surface area contributed by atoms with Crippen LogP contribution < -0.4 is 15.4 Å². The molecule has 0 bridgehead atoms. The summed E-state index contributed by atoms with van der Waals surface area (Å²) in [7, 11) is -3.84. The molecule has 1 heterocycles. The Morgan fingerprint density at radius 2 is 1.59 bits per heavy atom. The number of rotatable bonds is 4. The number of hydrogen-bond acceptors (Lipinski definition) is 4. The van der Waals surface area contributed by atoms with Crippen molar-refractivity contribution in [2.45, 2.75) is 25.7 Å². The van der Waals surface area contributed by atoms with E-state index in [2.05, 4.69) is 15.4 Å². The summed E-state index contributed by atoms with van der Waals surface area (Å²) in [6, 6.07) is 10.8. The van der Waals surface area contributed by atoms with E-state index in [4.69, 9.17) is 0 Å². The average molecular weight is 385 g/mol. The fourth-order valence-electron chi connectivity index (χ4n) is 2.85. The lowest BCUT2D eigenvalue weighted by molar-refractivity contribution is -0.114. The number of sulfonamides is 1. The van der Waals surface area contributed by atoms with Crippen molar-refractivity contribution in [3.05, 3.63) is 53.6 Å². The summed E-state index contributed by atoms with van der Waals surface area (Å²) < 4.78 is 27.9. The van der Waals surface area contributed by atoms with E-state index in [1.807, 2.05) is 0 Å². The van der Waals surface area contributed by atoms with Gasteiger partial charge in [0.2, 0.25) is 5.91 Å². The molecule has 1 aliphatic rings. The normalized spacial score (nSPS) is 13.0. The van der Waals surface area contributed by atoms with Crippen molar-refractivity contribution in [3.8, 4) is 0 Å². The van der Waals surface area contributed by atoms with Gasteiger partial charge in [-0.15, -0.1) is 0 Å². The second-order valence-electron chi connectivity index (χ2n) is 6.40. The van der Waals surface area contributed by atoms with E-state index < -0.39 is 10.0 Å². The molecule has 8 heteroatoms. The highest BCUT2D eigenvalue weighted by atomic mass is 32.2. The van der Waals surface area contributed by atoms with Crippen LogP contribution in [-0.2, 0) is 19.6 Å². The summed E-state index contributed by atoms with van der Waals surface area (Å²) >= 11 is 0. The van der Waals surface area contributed by atoms with Gasteiger partial charge in [0.1, 0.15) is 0 Å². The minimum atomic E-state index is -3.84. The van der Waals surface area contributed by atoms with Gasteiger partial charge in [-0.1, -0.05) is 5.57 Å². The first-order valence-corrected chi connectivity index (χ1v) is 9.69. The molecule has 0 unspecified atom stereocenters. The van der Waals surface area contributed by atoms with Crippen molar-refractivity contribution in [2.24, 2.45) is 0 Å². The first kappa shape index (κ1) is 18.7. The molecule has 0 fully saturated rings. The fourth-order valence-corrected chi connectivity index (χ4v) is 3.93. The van der Waals surface area contributed by atoms with Gasteiger partial charge in [-0.25, -0.2) is 8.42 Å². The zero-order valence-electron chi connectivity index (χ0n) is 15.1. The second kappa shape index (κ2) is 6.88. The van der Waals surface area contributed by atoms with Gasteiger partial charge in [0.15, 0.2) is 0 Å². The number of allylic oxidation sites excluding steroid dienone is 1. The third-order valence-electron chi connectivity index (χ3n) is 4.00. The molecule has 0 spiro atoms. The summed E-state index contributed by atoms with van der Waals surface area (Å²) in [5.41, 5.74) is 3.39. The minimum Gasteiger partial charge on any atom is -0.326 e. The molecule has 2 aromatic carbocycles. The van der Waals surface area contributed by atoms with Crippen molar-refractivity contribution in [2.75, 3.05) is 15.4 Å². The number of anilines is 3. The lowest BCUT2D eigenvalue weighted by Gasteiger charge is -2.10. The molecule has 27 heavy (non-hydrogen) atoms. The van der Waals surface area contributed by atoms with E-state index in [-0.39, 0.29) is 16.7 Å². The Morgan fingerprint density at radius 1 is 0.963 bits per heavy atom. The smallest absolute Gasteiger partial charge is 0.261 e.